The van der Waals surface area contributed by atoms with E-state index in [4.69, 9.17) is 10.5 Å². The molecule has 1 aliphatic heterocycles. The zero-order chi connectivity index (χ0) is 17.2. The fourth-order valence-electron chi connectivity index (χ4n) is 3.16. The Kier molecular flexibility index (Phi) is 9.56. The van der Waals surface area contributed by atoms with Gasteiger partial charge in [-0.2, -0.15) is 0 Å². The first-order valence-electron chi connectivity index (χ1n) is 9.31. The van der Waals surface area contributed by atoms with Gasteiger partial charge < -0.3 is 15.8 Å². The first kappa shape index (κ1) is 20.2. The van der Waals surface area contributed by atoms with Crippen LogP contribution in [-0.2, 0) is 4.74 Å². The molecule has 0 amide bonds. The molecule has 1 aliphatic rings. The van der Waals surface area contributed by atoms with E-state index in [1.54, 1.807) is 0 Å². The van der Waals surface area contributed by atoms with Gasteiger partial charge in [-0.05, 0) is 39.5 Å². The monoisotopic (exact) mass is 326 g/mol. The standard InChI is InChI=1S/C18H38N4O/c1-14(2)8-6-9-15(3)21-18(19)20-10-7-11-22-12-16(4)23-17(5)13-22/h14-17H,6-13H2,1-5H3,(H3,19,20,21). The zero-order valence-corrected chi connectivity index (χ0v) is 15.8. The highest BCUT2D eigenvalue weighted by molar-refractivity contribution is 5.78. The lowest BCUT2D eigenvalue weighted by atomic mass is 10.0. The second kappa shape index (κ2) is 10.9. The summed E-state index contributed by atoms with van der Waals surface area (Å²) in [6, 6.07) is 0.401. The molecule has 1 rings (SSSR count). The first-order chi connectivity index (χ1) is 10.9. The number of aliphatic imine (C=N–C) groups is 1. The van der Waals surface area contributed by atoms with E-state index in [0.29, 0.717) is 24.2 Å². The fourth-order valence-corrected chi connectivity index (χ4v) is 3.16. The van der Waals surface area contributed by atoms with Gasteiger partial charge in [0, 0.05) is 32.2 Å². The Morgan fingerprint density at radius 1 is 1.17 bits per heavy atom. The SMILES string of the molecule is CC(C)CCCC(C)NC(N)=NCCCN1CC(C)OC(C)C1. The van der Waals surface area contributed by atoms with Crippen molar-refractivity contribution in [2.45, 2.75) is 78.6 Å². The molecule has 23 heavy (non-hydrogen) atoms. The maximum Gasteiger partial charge on any atom is 0.188 e. The molecule has 0 saturated carbocycles. The number of morpholine rings is 1. The van der Waals surface area contributed by atoms with Crippen molar-refractivity contribution in [2.75, 3.05) is 26.2 Å². The third kappa shape index (κ3) is 9.82. The molecular weight excluding hydrogens is 288 g/mol. The van der Waals surface area contributed by atoms with Crippen LogP contribution >= 0.6 is 0 Å². The second-order valence-corrected chi connectivity index (χ2v) is 7.51. The summed E-state index contributed by atoms with van der Waals surface area (Å²) in [5.74, 6) is 1.37. The van der Waals surface area contributed by atoms with E-state index in [-0.39, 0.29) is 0 Å². The average molecular weight is 327 g/mol. The summed E-state index contributed by atoms with van der Waals surface area (Å²) >= 11 is 0. The highest BCUT2D eigenvalue weighted by Crippen LogP contribution is 2.10. The van der Waals surface area contributed by atoms with Crippen molar-refractivity contribution in [3.63, 3.8) is 0 Å². The maximum absolute atomic E-state index is 5.97. The first-order valence-corrected chi connectivity index (χ1v) is 9.31. The number of guanidine groups is 1. The van der Waals surface area contributed by atoms with Crippen LogP contribution in [0, 0.1) is 5.92 Å². The molecule has 5 nitrogen and oxygen atoms in total. The van der Waals surface area contributed by atoms with Gasteiger partial charge in [-0.1, -0.05) is 26.7 Å². The van der Waals surface area contributed by atoms with Crippen molar-refractivity contribution < 1.29 is 4.74 Å². The van der Waals surface area contributed by atoms with Gasteiger partial charge in [0.25, 0.3) is 0 Å². The van der Waals surface area contributed by atoms with E-state index < -0.39 is 0 Å². The summed E-state index contributed by atoms with van der Waals surface area (Å²) in [6.45, 7) is 14.9. The Hall–Kier alpha value is -0.810. The van der Waals surface area contributed by atoms with Gasteiger partial charge in [-0.15, -0.1) is 0 Å². The van der Waals surface area contributed by atoms with Crippen LogP contribution in [0.5, 0.6) is 0 Å². The summed E-state index contributed by atoms with van der Waals surface area (Å²) in [6.07, 6.45) is 5.38. The van der Waals surface area contributed by atoms with Crippen LogP contribution in [0.4, 0.5) is 0 Å². The van der Waals surface area contributed by atoms with Gasteiger partial charge in [-0.25, -0.2) is 0 Å². The van der Waals surface area contributed by atoms with E-state index in [2.05, 4.69) is 49.8 Å². The quantitative estimate of drug-likeness (QED) is 0.388. The van der Waals surface area contributed by atoms with Gasteiger partial charge in [0.05, 0.1) is 12.2 Å². The Bertz CT molecular complexity index is 336. The highest BCUT2D eigenvalue weighted by Gasteiger charge is 2.21. The number of nitrogens with one attached hydrogen (secondary N) is 1. The van der Waals surface area contributed by atoms with Gasteiger partial charge >= 0.3 is 0 Å². The average Bonchev–Trinajstić information content (AvgIpc) is 2.42. The molecule has 1 fully saturated rings. The second-order valence-electron chi connectivity index (χ2n) is 7.51. The van der Waals surface area contributed by atoms with Gasteiger partial charge in [0.15, 0.2) is 5.96 Å². The normalized spacial score (nSPS) is 24.9. The maximum atomic E-state index is 5.97. The highest BCUT2D eigenvalue weighted by atomic mass is 16.5. The number of rotatable bonds is 9. The molecule has 0 bridgehead atoms. The molecule has 5 heteroatoms. The molecule has 136 valence electrons. The summed E-state index contributed by atoms with van der Waals surface area (Å²) in [4.78, 5) is 6.92. The lowest BCUT2D eigenvalue weighted by Gasteiger charge is -2.35. The molecule has 0 aromatic carbocycles. The van der Waals surface area contributed by atoms with Crippen molar-refractivity contribution in [1.29, 1.82) is 0 Å². The van der Waals surface area contributed by atoms with Crippen LogP contribution in [-0.4, -0.2) is 55.3 Å². The molecule has 0 aromatic heterocycles. The van der Waals surface area contributed by atoms with Gasteiger partial charge in [-0.3, -0.25) is 9.89 Å². The minimum Gasteiger partial charge on any atom is -0.373 e. The topological polar surface area (TPSA) is 62.9 Å². The van der Waals surface area contributed by atoms with E-state index in [9.17, 15) is 0 Å². The molecule has 3 unspecified atom stereocenters. The van der Waals surface area contributed by atoms with Crippen LogP contribution in [0.3, 0.4) is 0 Å². The van der Waals surface area contributed by atoms with E-state index in [1.807, 2.05) is 0 Å². The molecule has 0 aliphatic carbocycles. The molecule has 1 heterocycles. The molecule has 3 N–H and O–H groups in total. The number of ether oxygens (including phenoxy) is 1. The molecule has 3 atom stereocenters. The predicted octanol–water partition coefficient (Wildman–Crippen LogP) is 2.60. The summed E-state index contributed by atoms with van der Waals surface area (Å²) in [5.41, 5.74) is 5.97. The summed E-state index contributed by atoms with van der Waals surface area (Å²) in [5, 5.41) is 3.30. The Morgan fingerprint density at radius 2 is 1.83 bits per heavy atom. The largest absolute Gasteiger partial charge is 0.373 e. The van der Waals surface area contributed by atoms with E-state index in [0.717, 1.165) is 44.9 Å². The van der Waals surface area contributed by atoms with Gasteiger partial charge in [0.2, 0.25) is 0 Å². The lowest BCUT2D eigenvalue weighted by Crippen LogP contribution is -2.45. The number of nitrogens with two attached hydrogens (primary N) is 1. The number of hydrogen-bond acceptors (Lipinski definition) is 3. The molecular formula is C18H38N4O. The Balaban J connectivity index is 2.13. The van der Waals surface area contributed by atoms with Crippen LogP contribution in [0.2, 0.25) is 0 Å². The van der Waals surface area contributed by atoms with Crippen LogP contribution in [0.1, 0.15) is 60.3 Å². The summed E-state index contributed by atoms with van der Waals surface area (Å²) in [7, 11) is 0. The fraction of sp³-hybridized carbons (Fsp3) is 0.944. The molecule has 0 aromatic rings. The number of nitrogens with zero attached hydrogens (tertiary/aromatic N) is 2. The molecule has 0 radical (unpaired) electrons. The third-order valence-corrected chi connectivity index (χ3v) is 4.22. The van der Waals surface area contributed by atoms with Crippen LogP contribution in [0.15, 0.2) is 4.99 Å². The third-order valence-electron chi connectivity index (χ3n) is 4.22. The molecule has 0 spiro atoms. The van der Waals surface area contributed by atoms with Crippen molar-refractivity contribution in [2.24, 2.45) is 16.6 Å². The van der Waals surface area contributed by atoms with Crippen LogP contribution in [0.25, 0.3) is 0 Å². The Morgan fingerprint density at radius 3 is 2.43 bits per heavy atom. The molecule has 1 saturated heterocycles. The van der Waals surface area contributed by atoms with Crippen molar-refractivity contribution in [1.82, 2.24) is 10.2 Å². The summed E-state index contributed by atoms with van der Waals surface area (Å²) < 4.78 is 5.75. The van der Waals surface area contributed by atoms with Crippen molar-refractivity contribution in [3.05, 3.63) is 0 Å². The zero-order valence-electron chi connectivity index (χ0n) is 15.8. The van der Waals surface area contributed by atoms with Crippen molar-refractivity contribution in [3.8, 4) is 0 Å². The lowest BCUT2D eigenvalue weighted by molar-refractivity contribution is -0.0679. The minimum atomic E-state index is 0.334. The Labute approximate surface area is 143 Å². The number of hydrogen-bond donors (Lipinski definition) is 2. The van der Waals surface area contributed by atoms with Gasteiger partial charge in [0.1, 0.15) is 0 Å². The van der Waals surface area contributed by atoms with E-state index >= 15 is 0 Å². The van der Waals surface area contributed by atoms with Crippen LogP contribution < -0.4 is 11.1 Å². The van der Waals surface area contributed by atoms with Crippen molar-refractivity contribution >= 4 is 5.96 Å². The smallest absolute Gasteiger partial charge is 0.188 e. The predicted molar refractivity (Wildman–Crippen MR) is 98.8 cm³/mol. The van der Waals surface area contributed by atoms with E-state index in [1.165, 1.54) is 12.8 Å². The minimum absolute atomic E-state index is 0.334.